The fourth-order valence-electron chi connectivity index (χ4n) is 0.989. The van der Waals surface area contributed by atoms with E-state index in [1.165, 1.54) is 20.5 Å². The molecule has 1 aromatic rings. The van der Waals surface area contributed by atoms with Crippen molar-refractivity contribution in [1.82, 2.24) is 9.97 Å². The minimum absolute atomic E-state index is 0.136. The van der Waals surface area contributed by atoms with Gasteiger partial charge in [0.25, 0.3) is 0 Å². The van der Waals surface area contributed by atoms with Gasteiger partial charge >= 0.3 is 5.97 Å². The Labute approximate surface area is 87.8 Å². The van der Waals surface area contributed by atoms with Gasteiger partial charge in [0.1, 0.15) is 18.7 Å². The number of hydrogen-bond donors (Lipinski definition) is 0. The maximum absolute atomic E-state index is 11.0. The average Bonchev–Trinajstić information content (AvgIpc) is 2.28. The first kappa shape index (κ1) is 11.2. The Morgan fingerprint density at radius 1 is 1.47 bits per heavy atom. The molecule has 0 fully saturated rings. The van der Waals surface area contributed by atoms with Crippen LogP contribution in [0.5, 0.6) is 5.88 Å². The molecule has 0 aromatic carbocycles. The van der Waals surface area contributed by atoms with Gasteiger partial charge in [0.05, 0.1) is 14.2 Å². The number of methoxy groups -OCH3 is 2. The third-order valence-electron chi connectivity index (χ3n) is 1.82. The molecular formula is C9H13N3O3. The molecule has 1 aromatic heterocycles. The maximum atomic E-state index is 11.0. The first-order chi connectivity index (χ1) is 7.17. The second-order valence-electron chi connectivity index (χ2n) is 2.85. The molecule has 0 radical (unpaired) electrons. The van der Waals surface area contributed by atoms with Gasteiger partial charge in [-0.15, -0.1) is 0 Å². The predicted molar refractivity (Wildman–Crippen MR) is 53.9 cm³/mol. The third-order valence-corrected chi connectivity index (χ3v) is 1.82. The van der Waals surface area contributed by atoms with Gasteiger partial charge in [-0.05, 0) is 0 Å². The van der Waals surface area contributed by atoms with Gasteiger partial charge in [0.2, 0.25) is 5.88 Å². The predicted octanol–water partition coefficient (Wildman–Crippen LogP) is 0.0944. The first-order valence-electron chi connectivity index (χ1n) is 4.31. The van der Waals surface area contributed by atoms with Crippen molar-refractivity contribution in [3.8, 4) is 5.88 Å². The molecule has 0 bridgehead atoms. The fraction of sp³-hybridized carbons (Fsp3) is 0.444. The number of carbonyl (C=O) groups excluding carboxylic acids is 1. The van der Waals surface area contributed by atoms with Crippen LogP contribution in [0.25, 0.3) is 0 Å². The van der Waals surface area contributed by atoms with Crippen molar-refractivity contribution >= 4 is 11.8 Å². The van der Waals surface area contributed by atoms with Crippen molar-refractivity contribution in [2.24, 2.45) is 0 Å². The van der Waals surface area contributed by atoms with Crippen molar-refractivity contribution in [1.29, 1.82) is 0 Å². The van der Waals surface area contributed by atoms with E-state index < -0.39 is 0 Å². The SMILES string of the molecule is COC(=O)CN(C)c1cc(OC)ncn1. The second kappa shape index (κ2) is 5.14. The normalized spacial score (nSPS) is 9.53. The van der Waals surface area contributed by atoms with Crippen LogP contribution >= 0.6 is 0 Å². The zero-order chi connectivity index (χ0) is 11.3. The van der Waals surface area contributed by atoms with Gasteiger partial charge < -0.3 is 14.4 Å². The standard InChI is InChI=1S/C9H13N3O3/c1-12(5-9(13)15-3)7-4-8(14-2)11-6-10-7/h4,6H,5H2,1-3H3. The topological polar surface area (TPSA) is 64.5 Å². The van der Waals surface area contributed by atoms with Crippen LogP contribution in [0.15, 0.2) is 12.4 Å². The van der Waals surface area contributed by atoms with E-state index in [-0.39, 0.29) is 12.5 Å². The minimum Gasteiger partial charge on any atom is -0.481 e. The molecule has 0 spiro atoms. The molecule has 15 heavy (non-hydrogen) atoms. The van der Waals surface area contributed by atoms with Gasteiger partial charge in [-0.1, -0.05) is 0 Å². The molecule has 0 N–H and O–H groups in total. The molecule has 0 aliphatic rings. The lowest BCUT2D eigenvalue weighted by Gasteiger charge is -2.16. The Bertz CT molecular complexity index is 343. The Hall–Kier alpha value is -1.85. The Morgan fingerprint density at radius 2 is 2.20 bits per heavy atom. The number of ether oxygens (including phenoxy) is 2. The third kappa shape index (κ3) is 3.08. The molecular weight excluding hydrogens is 198 g/mol. The van der Waals surface area contributed by atoms with Gasteiger partial charge in [0, 0.05) is 13.1 Å². The minimum atomic E-state index is -0.324. The van der Waals surface area contributed by atoms with Crippen molar-refractivity contribution in [3.05, 3.63) is 12.4 Å². The van der Waals surface area contributed by atoms with E-state index in [0.29, 0.717) is 11.7 Å². The monoisotopic (exact) mass is 211 g/mol. The number of aromatic nitrogens is 2. The number of carbonyl (C=O) groups is 1. The fourth-order valence-corrected chi connectivity index (χ4v) is 0.989. The number of esters is 1. The molecule has 1 rings (SSSR count). The van der Waals surface area contributed by atoms with Gasteiger partial charge in [-0.25, -0.2) is 9.97 Å². The van der Waals surface area contributed by atoms with Gasteiger partial charge in [-0.2, -0.15) is 0 Å². The largest absolute Gasteiger partial charge is 0.481 e. The highest BCUT2D eigenvalue weighted by Crippen LogP contribution is 2.13. The molecule has 0 aliphatic heterocycles. The van der Waals surface area contributed by atoms with Crippen molar-refractivity contribution in [3.63, 3.8) is 0 Å². The van der Waals surface area contributed by atoms with Crippen LogP contribution in [-0.4, -0.2) is 43.7 Å². The smallest absolute Gasteiger partial charge is 0.325 e. The van der Waals surface area contributed by atoms with Crippen LogP contribution in [0.1, 0.15) is 0 Å². The number of rotatable bonds is 4. The Balaban J connectivity index is 2.72. The Morgan fingerprint density at radius 3 is 2.80 bits per heavy atom. The van der Waals surface area contributed by atoms with Crippen LogP contribution in [0.4, 0.5) is 5.82 Å². The summed E-state index contributed by atoms with van der Waals surface area (Å²) in [5.41, 5.74) is 0. The van der Waals surface area contributed by atoms with Crippen molar-refractivity contribution < 1.29 is 14.3 Å². The summed E-state index contributed by atoms with van der Waals surface area (Å²) in [6.07, 6.45) is 1.38. The molecule has 0 amide bonds. The summed E-state index contributed by atoms with van der Waals surface area (Å²) in [5, 5.41) is 0. The lowest BCUT2D eigenvalue weighted by molar-refractivity contribution is -0.138. The van der Waals surface area contributed by atoms with E-state index in [1.54, 1.807) is 18.0 Å². The van der Waals surface area contributed by atoms with E-state index in [9.17, 15) is 4.79 Å². The lowest BCUT2D eigenvalue weighted by Crippen LogP contribution is -2.27. The number of anilines is 1. The highest BCUT2D eigenvalue weighted by atomic mass is 16.5. The number of nitrogens with zero attached hydrogens (tertiary/aromatic N) is 3. The van der Waals surface area contributed by atoms with Crippen LogP contribution in [0, 0.1) is 0 Å². The highest BCUT2D eigenvalue weighted by Gasteiger charge is 2.09. The van der Waals surface area contributed by atoms with E-state index in [0.717, 1.165) is 0 Å². The molecule has 0 unspecified atom stereocenters. The van der Waals surface area contributed by atoms with Gasteiger partial charge in [0.15, 0.2) is 0 Å². The number of likely N-dealkylation sites (N-methyl/N-ethyl adjacent to an activating group) is 1. The van der Waals surface area contributed by atoms with Crippen molar-refractivity contribution in [2.45, 2.75) is 0 Å². The molecule has 6 heteroatoms. The second-order valence-corrected chi connectivity index (χ2v) is 2.85. The quantitative estimate of drug-likeness (QED) is 0.658. The summed E-state index contributed by atoms with van der Waals surface area (Å²) >= 11 is 0. The van der Waals surface area contributed by atoms with Crippen LogP contribution in [-0.2, 0) is 9.53 Å². The van der Waals surface area contributed by atoms with Gasteiger partial charge in [-0.3, -0.25) is 4.79 Å². The molecule has 0 atom stereocenters. The van der Waals surface area contributed by atoms with E-state index >= 15 is 0 Å². The van der Waals surface area contributed by atoms with Crippen LogP contribution in [0.2, 0.25) is 0 Å². The summed E-state index contributed by atoms with van der Waals surface area (Å²) in [6, 6.07) is 1.64. The molecule has 6 nitrogen and oxygen atoms in total. The summed E-state index contributed by atoms with van der Waals surface area (Å²) in [4.78, 5) is 20.5. The summed E-state index contributed by atoms with van der Waals surface area (Å²) < 4.78 is 9.49. The Kier molecular flexibility index (Phi) is 3.84. The van der Waals surface area contributed by atoms with E-state index in [1.807, 2.05) is 0 Å². The molecule has 0 saturated heterocycles. The average molecular weight is 211 g/mol. The van der Waals surface area contributed by atoms with Crippen LogP contribution < -0.4 is 9.64 Å². The summed E-state index contributed by atoms with van der Waals surface area (Å²) in [7, 11) is 4.60. The molecule has 82 valence electrons. The lowest BCUT2D eigenvalue weighted by atomic mass is 10.5. The number of hydrogen-bond acceptors (Lipinski definition) is 6. The molecule has 0 aliphatic carbocycles. The summed E-state index contributed by atoms with van der Waals surface area (Å²) in [5.74, 6) is 0.735. The summed E-state index contributed by atoms with van der Waals surface area (Å²) in [6.45, 7) is 0.136. The molecule has 1 heterocycles. The zero-order valence-electron chi connectivity index (χ0n) is 8.93. The zero-order valence-corrected chi connectivity index (χ0v) is 8.93. The van der Waals surface area contributed by atoms with Crippen LogP contribution in [0.3, 0.4) is 0 Å². The first-order valence-corrected chi connectivity index (χ1v) is 4.31. The van der Waals surface area contributed by atoms with Crippen molar-refractivity contribution in [2.75, 3.05) is 32.7 Å². The van der Waals surface area contributed by atoms with E-state index in [2.05, 4.69) is 14.7 Å². The molecule has 0 saturated carbocycles. The van der Waals surface area contributed by atoms with E-state index in [4.69, 9.17) is 4.74 Å². The maximum Gasteiger partial charge on any atom is 0.325 e. The highest BCUT2D eigenvalue weighted by molar-refractivity contribution is 5.75.